The van der Waals surface area contributed by atoms with Gasteiger partial charge < -0.3 is 15.2 Å². The van der Waals surface area contributed by atoms with Crippen LogP contribution in [-0.2, 0) is 25.8 Å². The maximum absolute atomic E-state index is 12.5. The fourth-order valence-electron chi connectivity index (χ4n) is 2.53. The zero-order chi connectivity index (χ0) is 22.1. The van der Waals surface area contributed by atoms with E-state index in [9.17, 15) is 18.0 Å². The molecular weight excluding hydrogens is 408 g/mol. The lowest BCUT2D eigenvalue weighted by molar-refractivity contribution is -0.139. The van der Waals surface area contributed by atoms with Gasteiger partial charge in [-0.05, 0) is 36.2 Å². The molecule has 0 radical (unpaired) electrons. The molecule has 2 rings (SSSR count). The number of carbonyl (C=O) groups is 2. The molecule has 0 aliphatic heterocycles. The average molecular weight is 428 g/mol. The molecule has 9 heteroatoms. The molecule has 0 bridgehead atoms. The Morgan fingerprint density at radius 1 is 1.23 bits per heavy atom. The summed E-state index contributed by atoms with van der Waals surface area (Å²) in [5.74, 6) is -1.43. The second-order valence-electron chi connectivity index (χ2n) is 6.43. The Labute approximate surface area is 174 Å². The molecule has 0 aromatic heterocycles. The molecule has 2 aromatic rings. The van der Waals surface area contributed by atoms with Crippen LogP contribution in [0, 0.1) is 17.2 Å². The largest absolute Gasteiger partial charge is 0.482 e. The first-order chi connectivity index (χ1) is 14.2. The van der Waals surface area contributed by atoms with Crippen molar-refractivity contribution in [2.75, 3.05) is 11.9 Å². The first-order valence-electron chi connectivity index (χ1n) is 8.87. The van der Waals surface area contributed by atoms with Crippen LogP contribution in [0.25, 0.3) is 0 Å². The van der Waals surface area contributed by atoms with Crippen molar-refractivity contribution in [1.29, 1.82) is 5.26 Å². The zero-order valence-corrected chi connectivity index (χ0v) is 16.9. The normalized spacial score (nSPS) is 12.1. The first kappa shape index (κ1) is 22.6. The number of aliphatic carboxylic acids is 1. The smallest absolute Gasteiger partial charge is 0.341 e. The molecule has 0 saturated carbocycles. The molecule has 0 heterocycles. The molecule has 0 spiro atoms. The van der Waals surface area contributed by atoms with Gasteiger partial charge in [-0.3, -0.25) is 4.79 Å². The monoisotopic (exact) mass is 428 g/mol. The number of hydrogen-bond donors (Lipinski definition) is 2. The second-order valence-corrected chi connectivity index (χ2v) is 8.26. The molecule has 1 atom stereocenters. The van der Waals surface area contributed by atoms with E-state index in [1.807, 2.05) is 0 Å². The van der Waals surface area contributed by atoms with Gasteiger partial charge >= 0.3 is 5.97 Å². The highest BCUT2D eigenvalue weighted by Crippen LogP contribution is 2.20. The predicted octanol–water partition coefficient (Wildman–Crippen LogP) is 2.78. The van der Waals surface area contributed by atoms with Gasteiger partial charge in [-0.25, -0.2) is 13.2 Å². The highest BCUT2D eigenvalue weighted by atomic mass is 32.2. The molecular formula is C21H20N2O6S. The van der Waals surface area contributed by atoms with Crippen LogP contribution >= 0.6 is 0 Å². The number of carboxylic acid groups (broad SMARTS) is 1. The number of ether oxygens (including phenoxy) is 1. The minimum atomic E-state index is -3.67. The summed E-state index contributed by atoms with van der Waals surface area (Å²) in [7, 11) is -3.67. The Morgan fingerprint density at radius 3 is 2.57 bits per heavy atom. The van der Waals surface area contributed by atoms with E-state index >= 15 is 0 Å². The lowest BCUT2D eigenvalue weighted by atomic mass is 10.0. The third-order valence-electron chi connectivity index (χ3n) is 4.03. The molecule has 8 nitrogen and oxygen atoms in total. The van der Waals surface area contributed by atoms with Gasteiger partial charge in [0.1, 0.15) is 5.75 Å². The van der Waals surface area contributed by atoms with Gasteiger partial charge in [-0.15, -0.1) is 0 Å². The van der Waals surface area contributed by atoms with Crippen molar-refractivity contribution < 1.29 is 27.9 Å². The zero-order valence-electron chi connectivity index (χ0n) is 16.1. The second kappa shape index (κ2) is 10.2. The molecule has 2 N–H and O–H groups in total. The number of amides is 1. The summed E-state index contributed by atoms with van der Waals surface area (Å²) in [6.45, 7) is 1.26. The molecule has 0 aliphatic carbocycles. The van der Waals surface area contributed by atoms with Crippen molar-refractivity contribution in [3.8, 4) is 11.8 Å². The third kappa shape index (κ3) is 6.76. The summed E-state index contributed by atoms with van der Waals surface area (Å²) in [4.78, 5) is 23.1. The standard InChI is InChI=1S/C21H20N2O6S/c1-15(12-16-6-8-19(9-7-16)30(27,28)11-3-10-22)21(26)23-17-4-2-5-18(13-17)29-14-20(24)25/h2-9,11,13,15H,12,14H2,1H3,(H,23,26)(H,24,25)/b11-3+. The predicted molar refractivity (Wildman–Crippen MR) is 109 cm³/mol. The lowest BCUT2D eigenvalue weighted by Gasteiger charge is -2.13. The van der Waals surface area contributed by atoms with Gasteiger partial charge in [0.15, 0.2) is 6.61 Å². The fraction of sp³-hybridized carbons (Fsp3) is 0.190. The van der Waals surface area contributed by atoms with Crippen molar-refractivity contribution in [2.45, 2.75) is 18.2 Å². The van der Waals surface area contributed by atoms with E-state index in [0.717, 1.165) is 17.0 Å². The Bertz CT molecular complexity index is 1090. The van der Waals surface area contributed by atoms with Crippen LogP contribution in [0.4, 0.5) is 5.69 Å². The van der Waals surface area contributed by atoms with Crippen LogP contribution in [0.15, 0.2) is 64.9 Å². The molecule has 0 aliphatic rings. The Morgan fingerprint density at radius 2 is 1.93 bits per heavy atom. The molecule has 30 heavy (non-hydrogen) atoms. The maximum atomic E-state index is 12.5. The third-order valence-corrected chi connectivity index (χ3v) is 5.45. The first-order valence-corrected chi connectivity index (χ1v) is 10.4. The molecule has 1 unspecified atom stereocenters. The Balaban J connectivity index is 1.99. The summed E-state index contributed by atoms with van der Waals surface area (Å²) >= 11 is 0. The van der Waals surface area contributed by atoms with E-state index < -0.39 is 28.3 Å². The number of nitrogens with one attached hydrogen (secondary N) is 1. The van der Waals surface area contributed by atoms with Crippen LogP contribution in [0.2, 0.25) is 0 Å². The topological polar surface area (TPSA) is 134 Å². The van der Waals surface area contributed by atoms with Crippen molar-refractivity contribution >= 4 is 27.4 Å². The van der Waals surface area contributed by atoms with E-state index in [2.05, 4.69) is 5.32 Å². The van der Waals surface area contributed by atoms with Crippen LogP contribution in [0.3, 0.4) is 0 Å². The van der Waals surface area contributed by atoms with Gasteiger partial charge in [0.05, 0.1) is 11.0 Å². The SMILES string of the molecule is CC(Cc1ccc(S(=O)(=O)/C=C/C#N)cc1)C(=O)Nc1cccc(OCC(=O)O)c1. The minimum absolute atomic E-state index is 0.0630. The van der Waals surface area contributed by atoms with Gasteiger partial charge in [0.25, 0.3) is 0 Å². The van der Waals surface area contributed by atoms with Crippen molar-refractivity contribution in [3.63, 3.8) is 0 Å². The minimum Gasteiger partial charge on any atom is -0.482 e. The Kier molecular flexibility index (Phi) is 7.72. The van der Waals surface area contributed by atoms with Gasteiger partial charge in [-0.2, -0.15) is 5.26 Å². The van der Waals surface area contributed by atoms with Crippen molar-refractivity contribution in [3.05, 3.63) is 65.6 Å². The van der Waals surface area contributed by atoms with E-state index in [-0.39, 0.29) is 10.8 Å². The number of benzene rings is 2. The lowest BCUT2D eigenvalue weighted by Crippen LogP contribution is -2.22. The van der Waals surface area contributed by atoms with Gasteiger partial charge in [-0.1, -0.05) is 25.1 Å². The number of sulfone groups is 1. The van der Waals surface area contributed by atoms with Crippen molar-refractivity contribution in [2.24, 2.45) is 5.92 Å². The summed E-state index contributed by atoms with van der Waals surface area (Å²) < 4.78 is 29.1. The quantitative estimate of drug-likeness (QED) is 0.587. The van der Waals surface area contributed by atoms with Gasteiger partial charge in [0.2, 0.25) is 15.7 Å². The summed E-state index contributed by atoms with van der Waals surface area (Å²) in [5, 5.41) is 20.7. The number of carbonyl (C=O) groups excluding carboxylic acids is 1. The summed E-state index contributed by atoms with van der Waals surface area (Å²) in [6.07, 6.45) is 1.28. The van der Waals surface area contributed by atoms with E-state index in [0.29, 0.717) is 17.9 Å². The Hall–Kier alpha value is -3.64. The number of nitrogens with zero attached hydrogens (tertiary/aromatic N) is 1. The van der Waals surface area contributed by atoms with Gasteiger partial charge in [0, 0.05) is 29.2 Å². The molecule has 2 aromatic carbocycles. The molecule has 0 fully saturated rings. The van der Waals surface area contributed by atoms with Crippen molar-refractivity contribution in [1.82, 2.24) is 0 Å². The van der Waals surface area contributed by atoms with Crippen LogP contribution < -0.4 is 10.1 Å². The summed E-state index contributed by atoms with van der Waals surface area (Å²) in [6, 6.07) is 14.2. The fourth-order valence-corrected chi connectivity index (χ4v) is 3.45. The summed E-state index contributed by atoms with van der Waals surface area (Å²) in [5.41, 5.74) is 1.25. The number of allylic oxidation sites excluding steroid dienone is 1. The van der Waals surface area contributed by atoms with E-state index in [4.69, 9.17) is 15.1 Å². The highest BCUT2D eigenvalue weighted by molar-refractivity contribution is 7.94. The molecule has 0 saturated heterocycles. The average Bonchev–Trinajstić information content (AvgIpc) is 2.71. The maximum Gasteiger partial charge on any atom is 0.341 e. The number of anilines is 1. The number of hydrogen-bond acceptors (Lipinski definition) is 6. The molecule has 156 valence electrons. The number of rotatable bonds is 9. The van der Waals surface area contributed by atoms with Crippen LogP contribution in [0.5, 0.6) is 5.75 Å². The number of nitriles is 1. The van der Waals surface area contributed by atoms with E-state index in [1.165, 1.54) is 18.2 Å². The van der Waals surface area contributed by atoms with Crippen LogP contribution in [0.1, 0.15) is 12.5 Å². The number of carboxylic acids is 1. The molecule has 1 amide bonds. The highest BCUT2D eigenvalue weighted by Gasteiger charge is 2.16. The van der Waals surface area contributed by atoms with E-state index in [1.54, 1.807) is 43.3 Å². The van der Waals surface area contributed by atoms with Crippen LogP contribution in [-0.4, -0.2) is 32.0 Å².